The molecule has 1 heterocycles. The molecule has 106 valence electrons. The predicted octanol–water partition coefficient (Wildman–Crippen LogP) is 3.48. The smallest absolute Gasteiger partial charge is 0.335 e. The highest BCUT2D eigenvalue weighted by atomic mass is 19.1. The summed E-state index contributed by atoms with van der Waals surface area (Å²) < 4.78 is 15.2. The van der Waals surface area contributed by atoms with Gasteiger partial charge in [-0.3, -0.25) is 4.57 Å². The number of nitrogens with zero attached hydrogens (tertiary/aromatic N) is 2. The molecule has 0 saturated carbocycles. The number of carboxylic acid groups (broad SMARTS) is 1. The number of imidazole rings is 1. The van der Waals surface area contributed by atoms with Gasteiger partial charge in [-0.2, -0.15) is 0 Å². The zero-order chi connectivity index (χ0) is 15.1. The Balaban J connectivity index is 2.29. The quantitative estimate of drug-likeness (QED) is 0.783. The monoisotopic (exact) mass is 284 g/mol. The van der Waals surface area contributed by atoms with Crippen LogP contribution in [0.4, 0.5) is 4.39 Å². The van der Waals surface area contributed by atoms with E-state index in [1.54, 1.807) is 31.2 Å². The molecule has 0 amide bonds. The normalized spacial score (nSPS) is 11.0. The van der Waals surface area contributed by atoms with Crippen LogP contribution in [0.2, 0.25) is 0 Å². The van der Waals surface area contributed by atoms with Gasteiger partial charge >= 0.3 is 5.97 Å². The summed E-state index contributed by atoms with van der Waals surface area (Å²) in [7, 11) is 0. The number of halogens is 1. The van der Waals surface area contributed by atoms with Crippen LogP contribution < -0.4 is 0 Å². The van der Waals surface area contributed by atoms with Crippen LogP contribution in [0.5, 0.6) is 0 Å². The van der Waals surface area contributed by atoms with E-state index in [0.29, 0.717) is 16.6 Å². The van der Waals surface area contributed by atoms with Gasteiger partial charge < -0.3 is 5.11 Å². The Bertz CT molecular complexity index is 868. The molecule has 0 radical (unpaired) electrons. The van der Waals surface area contributed by atoms with Crippen LogP contribution in [0.25, 0.3) is 16.7 Å². The molecule has 0 aliphatic rings. The van der Waals surface area contributed by atoms with Crippen molar-refractivity contribution in [2.75, 3.05) is 0 Å². The van der Waals surface area contributed by atoms with E-state index in [2.05, 4.69) is 4.98 Å². The molecule has 5 heteroatoms. The van der Waals surface area contributed by atoms with Gasteiger partial charge in [0.25, 0.3) is 0 Å². The third kappa shape index (κ3) is 2.16. The number of carboxylic acids is 1. The van der Waals surface area contributed by atoms with Gasteiger partial charge in [-0.15, -0.1) is 0 Å². The van der Waals surface area contributed by atoms with Crippen LogP contribution >= 0.6 is 0 Å². The zero-order valence-electron chi connectivity index (χ0n) is 11.6. The Morgan fingerprint density at radius 1 is 1.19 bits per heavy atom. The van der Waals surface area contributed by atoms with Gasteiger partial charge in [0.1, 0.15) is 11.6 Å². The summed E-state index contributed by atoms with van der Waals surface area (Å²) >= 11 is 0. The topological polar surface area (TPSA) is 55.1 Å². The highest BCUT2D eigenvalue weighted by molar-refractivity contribution is 5.93. The van der Waals surface area contributed by atoms with Crippen LogP contribution in [0, 0.1) is 19.7 Å². The number of carbonyl (C=O) groups is 1. The molecule has 0 spiro atoms. The summed E-state index contributed by atoms with van der Waals surface area (Å²) in [4.78, 5) is 15.5. The third-order valence-corrected chi connectivity index (χ3v) is 3.47. The highest BCUT2D eigenvalue weighted by Gasteiger charge is 2.13. The Hall–Kier alpha value is -2.69. The number of aryl methyl sites for hydroxylation is 2. The Kier molecular flexibility index (Phi) is 2.97. The first-order valence-corrected chi connectivity index (χ1v) is 6.46. The fourth-order valence-corrected chi connectivity index (χ4v) is 2.42. The maximum Gasteiger partial charge on any atom is 0.335 e. The van der Waals surface area contributed by atoms with Crippen LogP contribution in [0.1, 0.15) is 21.7 Å². The molecule has 0 aliphatic carbocycles. The minimum Gasteiger partial charge on any atom is -0.478 e. The number of benzene rings is 2. The summed E-state index contributed by atoms with van der Waals surface area (Å²) in [5, 5.41) is 9.11. The van der Waals surface area contributed by atoms with Crippen molar-refractivity contribution in [1.29, 1.82) is 0 Å². The number of hydrogen-bond donors (Lipinski definition) is 1. The summed E-state index contributed by atoms with van der Waals surface area (Å²) in [6.45, 7) is 3.52. The molecular formula is C16H13FN2O2. The van der Waals surface area contributed by atoms with Crippen molar-refractivity contribution in [3.8, 4) is 5.69 Å². The van der Waals surface area contributed by atoms with E-state index in [1.807, 2.05) is 11.5 Å². The van der Waals surface area contributed by atoms with E-state index in [0.717, 1.165) is 11.5 Å². The molecule has 0 bridgehead atoms. The minimum absolute atomic E-state index is 0.197. The number of aromatic carboxylic acids is 1. The fraction of sp³-hybridized carbons (Fsp3) is 0.125. The minimum atomic E-state index is -0.988. The van der Waals surface area contributed by atoms with Crippen LogP contribution in [-0.4, -0.2) is 20.6 Å². The van der Waals surface area contributed by atoms with Gasteiger partial charge in [0.2, 0.25) is 0 Å². The molecule has 0 atom stereocenters. The maximum atomic E-state index is 13.4. The van der Waals surface area contributed by atoms with Crippen molar-refractivity contribution in [3.05, 3.63) is 59.2 Å². The van der Waals surface area contributed by atoms with Crippen molar-refractivity contribution in [2.24, 2.45) is 0 Å². The van der Waals surface area contributed by atoms with Crippen molar-refractivity contribution in [3.63, 3.8) is 0 Å². The van der Waals surface area contributed by atoms with Crippen molar-refractivity contribution >= 4 is 17.0 Å². The van der Waals surface area contributed by atoms with Crippen LogP contribution in [0.3, 0.4) is 0 Å². The largest absolute Gasteiger partial charge is 0.478 e. The van der Waals surface area contributed by atoms with Crippen molar-refractivity contribution in [2.45, 2.75) is 13.8 Å². The summed E-state index contributed by atoms with van der Waals surface area (Å²) in [6.07, 6.45) is 0. The molecule has 3 rings (SSSR count). The van der Waals surface area contributed by atoms with Gasteiger partial charge in [0.15, 0.2) is 0 Å². The highest BCUT2D eigenvalue weighted by Crippen LogP contribution is 2.23. The lowest BCUT2D eigenvalue weighted by Crippen LogP contribution is -2.00. The SMILES string of the molecule is Cc1cc(-n2c(C)nc3ccc(C(=O)O)cc32)ccc1F. The number of fused-ring (bicyclic) bond motifs is 1. The lowest BCUT2D eigenvalue weighted by atomic mass is 10.2. The Morgan fingerprint density at radius 3 is 2.62 bits per heavy atom. The molecule has 0 fully saturated rings. The average molecular weight is 284 g/mol. The van der Waals surface area contributed by atoms with Crippen molar-refractivity contribution in [1.82, 2.24) is 9.55 Å². The second-order valence-corrected chi connectivity index (χ2v) is 4.94. The van der Waals surface area contributed by atoms with E-state index in [4.69, 9.17) is 5.11 Å². The average Bonchev–Trinajstić information content (AvgIpc) is 2.77. The summed E-state index contributed by atoms with van der Waals surface area (Å²) in [5.74, 6) is -0.539. The molecular weight excluding hydrogens is 271 g/mol. The van der Waals surface area contributed by atoms with Crippen LogP contribution in [-0.2, 0) is 0 Å². The predicted molar refractivity (Wildman–Crippen MR) is 77.5 cm³/mol. The van der Waals surface area contributed by atoms with E-state index in [9.17, 15) is 9.18 Å². The number of rotatable bonds is 2. The fourth-order valence-electron chi connectivity index (χ4n) is 2.42. The molecule has 0 saturated heterocycles. The molecule has 1 N–H and O–H groups in total. The second kappa shape index (κ2) is 4.70. The van der Waals surface area contributed by atoms with Gasteiger partial charge in [0.05, 0.1) is 16.6 Å². The lowest BCUT2D eigenvalue weighted by molar-refractivity contribution is 0.0697. The first kappa shape index (κ1) is 13.3. The zero-order valence-corrected chi connectivity index (χ0v) is 11.6. The summed E-state index contributed by atoms with van der Waals surface area (Å²) in [6, 6.07) is 9.56. The molecule has 0 aliphatic heterocycles. The van der Waals surface area contributed by atoms with E-state index in [1.165, 1.54) is 12.1 Å². The standard InChI is InChI=1S/C16H13FN2O2/c1-9-7-12(4-5-13(9)17)19-10(2)18-14-6-3-11(16(20)21)8-15(14)19/h3-8H,1-2H3,(H,20,21). The Labute approximate surface area is 120 Å². The Morgan fingerprint density at radius 2 is 1.95 bits per heavy atom. The van der Waals surface area contributed by atoms with Crippen molar-refractivity contribution < 1.29 is 14.3 Å². The first-order chi connectivity index (χ1) is 9.97. The van der Waals surface area contributed by atoms with E-state index < -0.39 is 5.97 Å². The molecule has 1 aromatic heterocycles. The lowest BCUT2D eigenvalue weighted by Gasteiger charge is -2.08. The van der Waals surface area contributed by atoms with E-state index >= 15 is 0 Å². The number of aromatic nitrogens is 2. The molecule has 4 nitrogen and oxygen atoms in total. The maximum absolute atomic E-state index is 13.4. The molecule has 0 unspecified atom stereocenters. The van der Waals surface area contributed by atoms with Gasteiger partial charge in [-0.25, -0.2) is 14.2 Å². The van der Waals surface area contributed by atoms with Crippen LogP contribution in [0.15, 0.2) is 36.4 Å². The molecule has 21 heavy (non-hydrogen) atoms. The number of hydrogen-bond acceptors (Lipinski definition) is 2. The van der Waals surface area contributed by atoms with E-state index in [-0.39, 0.29) is 11.4 Å². The van der Waals surface area contributed by atoms with Gasteiger partial charge in [0, 0.05) is 5.69 Å². The first-order valence-electron chi connectivity index (χ1n) is 6.46. The summed E-state index contributed by atoms with van der Waals surface area (Å²) in [5.41, 5.74) is 2.89. The third-order valence-electron chi connectivity index (χ3n) is 3.47. The van der Waals surface area contributed by atoms with Gasteiger partial charge in [-0.05, 0) is 55.8 Å². The van der Waals surface area contributed by atoms with Gasteiger partial charge in [-0.1, -0.05) is 0 Å². The molecule has 3 aromatic rings. The second-order valence-electron chi connectivity index (χ2n) is 4.94. The molecule has 2 aromatic carbocycles.